The lowest BCUT2D eigenvalue weighted by atomic mass is 10.3. The van der Waals surface area contributed by atoms with Crippen molar-refractivity contribution in [1.29, 1.82) is 0 Å². The van der Waals surface area contributed by atoms with Crippen molar-refractivity contribution in [3.05, 3.63) is 29.2 Å². The molecule has 0 saturated heterocycles. The fourth-order valence-corrected chi connectivity index (χ4v) is 1.73. The third-order valence-electron chi connectivity index (χ3n) is 2.29. The number of hydrogen-bond donors (Lipinski definition) is 1. The third kappa shape index (κ3) is 3.40. The van der Waals surface area contributed by atoms with Gasteiger partial charge in [0.25, 0.3) is 0 Å². The third-order valence-corrected chi connectivity index (χ3v) is 2.48. The summed E-state index contributed by atoms with van der Waals surface area (Å²) in [5.41, 5.74) is 0. The fourth-order valence-electron chi connectivity index (χ4n) is 1.53. The zero-order valence-electron chi connectivity index (χ0n) is 10.4. The van der Waals surface area contributed by atoms with Crippen LogP contribution in [0.5, 0.6) is 0 Å². The molecule has 18 heavy (non-hydrogen) atoms. The van der Waals surface area contributed by atoms with Crippen molar-refractivity contribution in [2.24, 2.45) is 7.05 Å². The Morgan fingerprint density at radius 2 is 2.17 bits per heavy atom. The number of aryl methyl sites for hydroxylation is 2. The summed E-state index contributed by atoms with van der Waals surface area (Å²) in [7, 11) is 1.83. The van der Waals surface area contributed by atoms with E-state index in [4.69, 9.17) is 11.6 Å². The van der Waals surface area contributed by atoms with Crippen LogP contribution in [0, 0.1) is 0 Å². The maximum Gasteiger partial charge on any atom is 0.169 e. The monoisotopic (exact) mass is 266 g/mol. The summed E-state index contributed by atoms with van der Waals surface area (Å²) in [5, 5.41) is 7.76. The first-order valence-electron chi connectivity index (χ1n) is 5.79. The number of rotatable bonds is 5. The number of aromatic nitrogens is 5. The Bertz CT molecular complexity index is 524. The molecule has 0 spiro atoms. The van der Waals surface area contributed by atoms with E-state index in [1.54, 1.807) is 17.1 Å². The normalized spacial score (nSPS) is 10.6. The standard InChI is InChI=1S/C11H15ClN6/c1-3-4-9-15-8(12)5-10(16-9)13-6-11-14-7-18(2)17-11/h5,7H,3-4,6H2,1-2H3,(H,13,15,16). The Labute approximate surface area is 110 Å². The van der Waals surface area contributed by atoms with E-state index in [-0.39, 0.29) is 0 Å². The largest absolute Gasteiger partial charge is 0.363 e. The van der Waals surface area contributed by atoms with Gasteiger partial charge in [0.2, 0.25) is 0 Å². The van der Waals surface area contributed by atoms with Crippen molar-refractivity contribution in [2.75, 3.05) is 5.32 Å². The highest BCUT2D eigenvalue weighted by molar-refractivity contribution is 6.29. The molecule has 0 fully saturated rings. The van der Waals surface area contributed by atoms with E-state index in [0.717, 1.165) is 18.7 Å². The Hall–Kier alpha value is -1.69. The van der Waals surface area contributed by atoms with E-state index < -0.39 is 0 Å². The summed E-state index contributed by atoms with van der Waals surface area (Å²) in [6.07, 6.45) is 3.46. The zero-order valence-corrected chi connectivity index (χ0v) is 11.1. The lowest BCUT2D eigenvalue weighted by Crippen LogP contribution is -2.06. The van der Waals surface area contributed by atoms with Crippen LogP contribution >= 0.6 is 11.6 Å². The van der Waals surface area contributed by atoms with E-state index in [9.17, 15) is 0 Å². The van der Waals surface area contributed by atoms with Gasteiger partial charge in [0.1, 0.15) is 23.1 Å². The molecule has 0 unspecified atom stereocenters. The van der Waals surface area contributed by atoms with Gasteiger partial charge in [-0.15, -0.1) is 0 Å². The van der Waals surface area contributed by atoms with E-state index >= 15 is 0 Å². The Morgan fingerprint density at radius 1 is 1.33 bits per heavy atom. The molecule has 0 aliphatic carbocycles. The van der Waals surface area contributed by atoms with Crippen molar-refractivity contribution < 1.29 is 0 Å². The van der Waals surface area contributed by atoms with Crippen LogP contribution in [0.3, 0.4) is 0 Å². The average molecular weight is 267 g/mol. The zero-order chi connectivity index (χ0) is 13.0. The molecule has 0 aromatic carbocycles. The average Bonchev–Trinajstić information content (AvgIpc) is 2.72. The topological polar surface area (TPSA) is 68.5 Å². The van der Waals surface area contributed by atoms with Crippen LogP contribution in [0.15, 0.2) is 12.4 Å². The molecule has 0 atom stereocenters. The van der Waals surface area contributed by atoms with Crippen molar-refractivity contribution in [3.63, 3.8) is 0 Å². The van der Waals surface area contributed by atoms with Crippen LogP contribution in [0.1, 0.15) is 25.0 Å². The highest BCUT2D eigenvalue weighted by Crippen LogP contribution is 2.13. The van der Waals surface area contributed by atoms with Gasteiger partial charge in [-0.2, -0.15) is 5.10 Å². The van der Waals surface area contributed by atoms with E-state index in [1.165, 1.54) is 0 Å². The number of halogens is 1. The highest BCUT2D eigenvalue weighted by Gasteiger charge is 2.04. The molecule has 0 aliphatic heterocycles. The molecule has 1 N–H and O–H groups in total. The summed E-state index contributed by atoms with van der Waals surface area (Å²) >= 11 is 5.95. The highest BCUT2D eigenvalue weighted by atomic mass is 35.5. The summed E-state index contributed by atoms with van der Waals surface area (Å²) < 4.78 is 1.66. The summed E-state index contributed by atoms with van der Waals surface area (Å²) in [6.45, 7) is 2.59. The van der Waals surface area contributed by atoms with Crippen molar-refractivity contribution in [2.45, 2.75) is 26.3 Å². The summed E-state index contributed by atoms with van der Waals surface area (Å²) in [6, 6.07) is 1.70. The van der Waals surface area contributed by atoms with Crippen molar-refractivity contribution in [3.8, 4) is 0 Å². The quantitative estimate of drug-likeness (QED) is 0.836. The molecule has 2 rings (SSSR count). The second-order valence-corrected chi connectivity index (χ2v) is 4.32. The lowest BCUT2D eigenvalue weighted by Gasteiger charge is -2.05. The molecular weight excluding hydrogens is 252 g/mol. The lowest BCUT2D eigenvalue weighted by molar-refractivity contribution is 0.746. The van der Waals surface area contributed by atoms with Crippen molar-refractivity contribution in [1.82, 2.24) is 24.7 Å². The Kier molecular flexibility index (Phi) is 4.09. The smallest absolute Gasteiger partial charge is 0.169 e. The van der Waals surface area contributed by atoms with Gasteiger partial charge in [-0.25, -0.2) is 15.0 Å². The second kappa shape index (κ2) is 5.77. The molecule has 0 aliphatic rings. The first kappa shape index (κ1) is 12.8. The van der Waals surface area contributed by atoms with E-state index in [0.29, 0.717) is 23.3 Å². The first-order chi connectivity index (χ1) is 8.67. The van der Waals surface area contributed by atoms with Gasteiger partial charge >= 0.3 is 0 Å². The van der Waals surface area contributed by atoms with Crippen LogP contribution in [-0.2, 0) is 20.0 Å². The number of hydrogen-bond acceptors (Lipinski definition) is 5. The van der Waals surface area contributed by atoms with Gasteiger partial charge in [0.15, 0.2) is 5.82 Å². The molecular formula is C11H15ClN6. The minimum Gasteiger partial charge on any atom is -0.363 e. The maximum absolute atomic E-state index is 5.95. The number of nitrogens with zero attached hydrogens (tertiary/aromatic N) is 5. The number of nitrogens with one attached hydrogen (secondary N) is 1. The van der Waals surface area contributed by atoms with Crippen LogP contribution in [-0.4, -0.2) is 24.7 Å². The van der Waals surface area contributed by atoms with Gasteiger partial charge in [-0.05, 0) is 6.42 Å². The molecule has 7 heteroatoms. The summed E-state index contributed by atoms with van der Waals surface area (Å²) in [5.74, 6) is 2.16. The SMILES string of the molecule is CCCc1nc(Cl)cc(NCc2ncn(C)n2)n1. The van der Waals surface area contributed by atoms with Crippen molar-refractivity contribution >= 4 is 17.4 Å². The fraction of sp³-hybridized carbons (Fsp3) is 0.455. The molecule has 2 aromatic heterocycles. The molecule has 96 valence electrons. The van der Waals surface area contributed by atoms with Crippen LogP contribution < -0.4 is 5.32 Å². The van der Waals surface area contributed by atoms with Gasteiger partial charge in [-0.3, -0.25) is 4.68 Å². The van der Waals surface area contributed by atoms with E-state index in [1.807, 2.05) is 7.05 Å². The maximum atomic E-state index is 5.95. The van der Waals surface area contributed by atoms with Gasteiger partial charge in [0.05, 0.1) is 6.54 Å². The molecule has 0 saturated carbocycles. The minimum absolute atomic E-state index is 0.449. The molecule has 0 radical (unpaired) electrons. The second-order valence-electron chi connectivity index (χ2n) is 3.93. The minimum atomic E-state index is 0.449. The Morgan fingerprint density at radius 3 is 2.83 bits per heavy atom. The molecule has 6 nitrogen and oxygen atoms in total. The first-order valence-corrected chi connectivity index (χ1v) is 6.17. The predicted molar refractivity (Wildman–Crippen MR) is 69.4 cm³/mol. The summed E-state index contributed by atoms with van der Waals surface area (Å²) in [4.78, 5) is 12.7. The number of anilines is 1. The molecule has 2 heterocycles. The Balaban J connectivity index is 2.04. The van der Waals surface area contributed by atoms with Gasteiger partial charge in [0, 0.05) is 19.5 Å². The van der Waals surface area contributed by atoms with E-state index in [2.05, 4.69) is 32.3 Å². The molecule has 2 aromatic rings. The molecule has 0 bridgehead atoms. The van der Waals surface area contributed by atoms with Gasteiger partial charge < -0.3 is 5.32 Å². The van der Waals surface area contributed by atoms with Crippen LogP contribution in [0.2, 0.25) is 5.15 Å². The predicted octanol–water partition coefficient (Wildman–Crippen LogP) is 1.82. The molecule has 0 amide bonds. The van der Waals surface area contributed by atoms with Crippen LogP contribution in [0.25, 0.3) is 0 Å². The van der Waals surface area contributed by atoms with Gasteiger partial charge in [-0.1, -0.05) is 18.5 Å². The van der Waals surface area contributed by atoms with Crippen LogP contribution in [0.4, 0.5) is 5.82 Å².